The van der Waals surface area contributed by atoms with Gasteiger partial charge in [0, 0.05) is 17.7 Å². The largest absolute Gasteiger partial charge is 0.310 e. The first-order valence-corrected chi connectivity index (χ1v) is 6.03. The van der Waals surface area contributed by atoms with Crippen molar-refractivity contribution in [3.63, 3.8) is 0 Å². The van der Waals surface area contributed by atoms with Crippen molar-refractivity contribution in [1.82, 2.24) is 4.98 Å². The number of nitrogens with one attached hydrogen (secondary N) is 1. The lowest BCUT2D eigenvalue weighted by Gasteiger charge is -2.05. The molecule has 1 aliphatic rings. The Morgan fingerprint density at radius 3 is 2.28 bits per heavy atom. The number of hydrogen-bond acceptors (Lipinski definition) is 3. The van der Waals surface area contributed by atoms with Gasteiger partial charge in [-0.15, -0.1) is 0 Å². The maximum absolute atomic E-state index is 12.1. The van der Waals surface area contributed by atoms with Crippen LogP contribution in [-0.2, 0) is 4.79 Å². The average molecular weight is 246 g/mol. The van der Waals surface area contributed by atoms with E-state index in [1.54, 1.807) is 12.1 Å². The molecular weight excluding hydrogens is 228 g/mol. The van der Waals surface area contributed by atoms with Gasteiger partial charge in [0.15, 0.2) is 6.29 Å². The second kappa shape index (κ2) is 3.90. The van der Waals surface area contributed by atoms with Crippen LogP contribution in [-0.4, -0.2) is 17.2 Å². The molecule has 0 aromatic carbocycles. The van der Waals surface area contributed by atoms with Crippen LogP contribution in [0.5, 0.6) is 0 Å². The highest BCUT2D eigenvalue weighted by atomic mass is 16.2. The smallest absolute Gasteiger partial charge is 0.229 e. The van der Waals surface area contributed by atoms with Crippen molar-refractivity contribution >= 4 is 18.0 Å². The Morgan fingerprint density at radius 1 is 1.28 bits per heavy atom. The molecule has 1 fully saturated rings. The minimum atomic E-state index is -0.00338. The summed E-state index contributed by atoms with van der Waals surface area (Å²) in [6.45, 7) is 8.39. The predicted octanol–water partition coefficient (Wildman–Crippen LogP) is 2.51. The highest BCUT2D eigenvalue weighted by Gasteiger charge is 2.68. The maximum Gasteiger partial charge on any atom is 0.229 e. The molecule has 2 rings (SSSR count). The van der Waals surface area contributed by atoms with Crippen molar-refractivity contribution in [2.75, 3.05) is 5.32 Å². The van der Waals surface area contributed by atoms with Gasteiger partial charge in [-0.2, -0.15) is 0 Å². The van der Waals surface area contributed by atoms with E-state index in [1.165, 1.54) is 6.20 Å². The molecule has 1 aliphatic carbocycles. The number of aldehydes is 1. The van der Waals surface area contributed by atoms with Gasteiger partial charge >= 0.3 is 0 Å². The number of carbonyl (C=O) groups is 2. The van der Waals surface area contributed by atoms with Gasteiger partial charge in [0.05, 0.1) is 0 Å². The van der Waals surface area contributed by atoms with Crippen LogP contribution in [0.15, 0.2) is 18.3 Å². The van der Waals surface area contributed by atoms with Crippen molar-refractivity contribution in [3.05, 3.63) is 23.9 Å². The van der Waals surface area contributed by atoms with E-state index >= 15 is 0 Å². The Kier molecular flexibility index (Phi) is 2.76. The fraction of sp³-hybridized carbons (Fsp3) is 0.500. The van der Waals surface area contributed by atoms with Crippen LogP contribution in [0, 0.1) is 16.7 Å². The number of pyridine rings is 1. The fourth-order valence-corrected chi connectivity index (χ4v) is 2.60. The third kappa shape index (κ3) is 1.82. The number of rotatable bonds is 3. The van der Waals surface area contributed by atoms with E-state index in [0.717, 1.165) is 6.29 Å². The maximum atomic E-state index is 12.1. The number of hydrogen-bond donors (Lipinski definition) is 1. The van der Waals surface area contributed by atoms with Crippen molar-refractivity contribution in [2.24, 2.45) is 16.7 Å². The number of aromatic nitrogens is 1. The van der Waals surface area contributed by atoms with Gasteiger partial charge < -0.3 is 5.32 Å². The van der Waals surface area contributed by atoms with Crippen LogP contribution in [0.4, 0.5) is 5.82 Å². The summed E-state index contributed by atoms with van der Waals surface area (Å²) in [5.41, 5.74) is 0.527. The topological polar surface area (TPSA) is 59.1 Å². The SMILES string of the molecule is CC1(C)C(C(=O)Nc2ccc(C=O)cn2)C1(C)C. The minimum Gasteiger partial charge on any atom is -0.310 e. The Hall–Kier alpha value is -1.71. The molecule has 4 heteroatoms. The van der Waals surface area contributed by atoms with E-state index in [-0.39, 0.29) is 22.7 Å². The van der Waals surface area contributed by atoms with E-state index in [2.05, 4.69) is 38.0 Å². The summed E-state index contributed by atoms with van der Waals surface area (Å²) in [6, 6.07) is 3.28. The van der Waals surface area contributed by atoms with Gasteiger partial charge in [-0.3, -0.25) is 9.59 Å². The molecule has 0 unspecified atom stereocenters. The summed E-state index contributed by atoms with van der Waals surface area (Å²) in [7, 11) is 0. The second-order valence-corrected chi connectivity index (χ2v) is 5.96. The first-order valence-electron chi connectivity index (χ1n) is 6.03. The molecule has 1 heterocycles. The Morgan fingerprint density at radius 2 is 1.89 bits per heavy atom. The van der Waals surface area contributed by atoms with Gasteiger partial charge in [0.25, 0.3) is 0 Å². The van der Waals surface area contributed by atoms with Gasteiger partial charge in [-0.05, 0) is 23.0 Å². The predicted molar refractivity (Wildman–Crippen MR) is 69.3 cm³/mol. The third-order valence-corrected chi connectivity index (χ3v) is 4.46. The molecule has 18 heavy (non-hydrogen) atoms. The lowest BCUT2D eigenvalue weighted by molar-refractivity contribution is -0.118. The number of nitrogens with zero attached hydrogens (tertiary/aromatic N) is 1. The molecule has 1 aromatic heterocycles. The first kappa shape index (κ1) is 12.7. The highest BCUT2D eigenvalue weighted by molar-refractivity contribution is 5.95. The lowest BCUT2D eigenvalue weighted by atomic mass is 10.0. The zero-order chi connectivity index (χ0) is 13.6. The Bertz CT molecular complexity index is 475. The molecule has 0 atom stereocenters. The molecule has 0 aliphatic heterocycles. The molecule has 0 radical (unpaired) electrons. The molecular formula is C14H18N2O2. The van der Waals surface area contributed by atoms with Crippen LogP contribution in [0.2, 0.25) is 0 Å². The summed E-state index contributed by atoms with van der Waals surface area (Å²) in [4.78, 5) is 26.7. The van der Waals surface area contributed by atoms with E-state index in [4.69, 9.17) is 0 Å². The monoisotopic (exact) mass is 246 g/mol. The van der Waals surface area contributed by atoms with Crippen molar-refractivity contribution in [2.45, 2.75) is 27.7 Å². The molecule has 1 aromatic rings. The quantitative estimate of drug-likeness (QED) is 0.834. The molecule has 4 nitrogen and oxygen atoms in total. The lowest BCUT2D eigenvalue weighted by Crippen LogP contribution is -2.18. The molecule has 0 spiro atoms. The Balaban J connectivity index is 2.07. The third-order valence-electron chi connectivity index (χ3n) is 4.46. The van der Waals surface area contributed by atoms with Gasteiger partial charge in [0.1, 0.15) is 5.82 Å². The second-order valence-electron chi connectivity index (χ2n) is 5.96. The van der Waals surface area contributed by atoms with Gasteiger partial charge in [0.2, 0.25) is 5.91 Å². The van der Waals surface area contributed by atoms with Crippen LogP contribution >= 0.6 is 0 Å². The molecule has 1 saturated carbocycles. The fourth-order valence-electron chi connectivity index (χ4n) is 2.60. The zero-order valence-corrected chi connectivity index (χ0v) is 11.2. The number of carbonyl (C=O) groups excluding carboxylic acids is 2. The summed E-state index contributed by atoms with van der Waals surface area (Å²) < 4.78 is 0. The van der Waals surface area contributed by atoms with E-state index in [0.29, 0.717) is 11.4 Å². The zero-order valence-electron chi connectivity index (χ0n) is 11.2. The molecule has 1 amide bonds. The Labute approximate surface area is 107 Å². The van der Waals surface area contributed by atoms with Crippen LogP contribution in [0.3, 0.4) is 0 Å². The van der Waals surface area contributed by atoms with E-state index < -0.39 is 0 Å². The van der Waals surface area contributed by atoms with Gasteiger partial charge in [-0.1, -0.05) is 27.7 Å². The summed E-state index contributed by atoms with van der Waals surface area (Å²) >= 11 is 0. The summed E-state index contributed by atoms with van der Waals surface area (Å²) in [5.74, 6) is 0.484. The van der Waals surface area contributed by atoms with E-state index in [9.17, 15) is 9.59 Å². The minimum absolute atomic E-state index is 0.00227. The summed E-state index contributed by atoms with van der Waals surface area (Å²) in [5, 5.41) is 2.80. The highest BCUT2D eigenvalue weighted by Crippen LogP contribution is 2.68. The van der Waals surface area contributed by atoms with E-state index in [1.807, 2.05) is 0 Å². The normalized spacial score (nSPS) is 20.2. The molecule has 0 bridgehead atoms. The molecule has 0 saturated heterocycles. The van der Waals surface area contributed by atoms with Gasteiger partial charge in [-0.25, -0.2) is 4.98 Å². The van der Waals surface area contributed by atoms with Crippen LogP contribution in [0.25, 0.3) is 0 Å². The first-order chi connectivity index (χ1) is 8.30. The number of amides is 1. The van der Waals surface area contributed by atoms with Crippen molar-refractivity contribution in [3.8, 4) is 0 Å². The van der Waals surface area contributed by atoms with Crippen LogP contribution in [0.1, 0.15) is 38.1 Å². The standard InChI is InChI=1S/C14H18N2O2/c1-13(2)11(14(13,3)4)12(18)16-10-6-5-9(8-17)7-15-10/h5-8,11H,1-4H3,(H,15,16,18). The van der Waals surface area contributed by atoms with Crippen molar-refractivity contribution in [1.29, 1.82) is 0 Å². The average Bonchev–Trinajstić information content (AvgIpc) is 2.70. The summed E-state index contributed by atoms with van der Waals surface area (Å²) in [6.07, 6.45) is 2.18. The molecule has 1 N–H and O–H groups in total. The van der Waals surface area contributed by atoms with Crippen molar-refractivity contribution < 1.29 is 9.59 Å². The van der Waals surface area contributed by atoms with Crippen LogP contribution < -0.4 is 5.32 Å². The molecule has 96 valence electrons. The number of anilines is 1.